The van der Waals surface area contributed by atoms with Gasteiger partial charge in [0, 0.05) is 37.7 Å². The first-order valence-corrected chi connectivity index (χ1v) is 9.54. The molecule has 1 amide bonds. The molecule has 142 valence electrons. The van der Waals surface area contributed by atoms with Crippen LogP contribution < -0.4 is 15.4 Å². The first-order chi connectivity index (χ1) is 12.5. The molecule has 0 bridgehead atoms. The number of carbonyl (C=O) groups excluding carboxylic acids is 1. The Morgan fingerprint density at radius 1 is 1.31 bits per heavy atom. The number of benzene rings is 1. The summed E-state index contributed by atoms with van der Waals surface area (Å²) in [6, 6.07) is 8.79. The maximum absolute atomic E-state index is 11.9. The molecular weight excluding hydrogens is 328 g/mol. The second kappa shape index (κ2) is 8.43. The third-order valence-corrected chi connectivity index (χ3v) is 5.27. The van der Waals surface area contributed by atoms with E-state index >= 15 is 0 Å². The van der Waals surface area contributed by atoms with Crippen LogP contribution in [0.3, 0.4) is 0 Å². The SMILES string of the molecule is CC(NC(=NCC(=O)N(C)C)NC1CCCC1)C1COc2ccccc21. The lowest BCUT2D eigenvalue weighted by Crippen LogP contribution is -2.48. The third-order valence-electron chi connectivity index (χ3n) is 5.27. The largest absolute Gasteiger partial charge is 0.493 e. The number of nitrogens with zero attached hydrogens (tertiary/aromatic N) is 2. The Morgan fingerprint density at radius 2 is 2.04 bits per heavy atom. The van der Waals surface area contributed by atoms with E-state index in [1.807, 2.05) is 12.1 Å². The van der Waals surface area contributed by atoms with Crippen molar-refractivity contribution in [2.24, 2.45) is 4.99 Å². The van der Waals surface area contributed by atoms with E-state index in [1.165, 1.54) is 18.4 Å². The van der Waals surface area contributed by atoms with Crippen molar-refractivity contribution >= 4 is 11.9 Å². The quantitative estimate of drug-likeness (QED) is 0.625. The molecule has 1 fully saturated rings. The number of carbonyl (C=O) groups is 1. The van der Waals surface area contributed by atoms with Crippen molar-refractivity contribution in [3.05, 3.63) is 29.8 Å². The third kappa shape index (κ3) is 4.48. The number of hydrogen-bond acceptors (Lipinski definition) is 3. The Hall–Kier alpha value is -2.24. The number of fused-ring (bicyclic) bond motifs is 1. The van der Waals surface area contributed by atoms with Gasteiger partial charge in [0.2, 0.25) is 5.91 Å². The van der Waals surface area contributed by atoms with Gasteiger partial charge in [0.1, 0.15) is 12.3 Å². The predicted molar refractivity (Wildman–Crippen MR) is 104 cm³/mol. The Bertz CT molecular complexity index is 653. The molecule has 2 N–H and O–H groups in total. The van der Waals surface area contributed by atoms with Gasteiger partial charge in [0.25, 0.3) is 0 Å². The van der Waals surface area contributed by atoms with E-state index < -0.39 is 0 Å². The second-order valence-corrected chi connectivity index (χ2v) is 7.47. The van der Waals surface area contributed by atoms with Gasteiger partial charge in [0.15, 0.2) is 5.96 Å². The summed E-state index contributed by atoms with van der Waals surface area (Å²) in [6.07, 6.45) is 4.82. The lowest BCUT2D eigenvalue weighted by molar-refractivity contribution is -0.127. The summed E-state index contributed by atoms with van der Waals surface area (Å²) in [6.45, 7) is 2.97. The van der Waals surface area contributed by atoms with Crippen LogP contribution in [0.15, 0.2) is 29.3 Å². The van der Waals surface area contributed by atoms with Crippen molar-refractivity contribution in [2.75, 3.05) is 27.2 Å². The van der Waals surface area contributed by atoms with Crippen molar-refractivity contribution in [2.45, 2.75) is 50.6 Å². The molecule has 1 aliphatic carbocycles. The van der Waals surface area contributed by atoms with E-state index in [-0.39, 0.29) is 24.4 Å². The Labute approximate surface area is 156 Å². The summed E-state index contributed by atoms with van der Waals surface area (Å²) < 4.78 is 5.82. The fourth-order valence-corrected chi connectivity index (χ4v) is 3.60. The van der Waals surface area contributed by atoms with Crippen LogP contribution in [0.4, 0.5) is 0 Å². The van der Waals surface area contributed by atoms with Gasteiger partial charge in [-0.2, -0.15) is 0 Å². The minimum absolute atomic E-state index is 0.000259. The lowest BCUT2D eigenvalue weighted by atomic mass is 9.94. The number of guanidine groups is 1. The molecule has 1 aromatic rings. The minimum Gasteiger partial charge on any atom is -0.493 e. The lowest BCUT2D eigenvalue weighted by Gasteiger charge is -2.25. The van der Waals surface area contributed by atoms with Crippen LogP contribution in [-0.2, 0) is 4.79 Å². The standard InChI is InChI=1S/C20H30N4O2/c1-14(17-13-26-18-11-7-6-10-16(17)18)22-20(21-12-19(25)24(2)3)23-15-8-4-5-9-15/h6-7,10-11,14-15,17H,4-5,8-9,12-13H2,1-3H3,(H2,21,22,23). The molecule has 2 atom stereocenters. The monoisotopic (exact) mass is 358 g/mol. The van der Waals surface area contributed by atoms with Crippen LogP contribution in [-0.4, -0.2) is 56.1 Å². The first-order valence-electron chi connectivity index (χ1n) is 9.54. The number of para-hydroxylation sites is 1. The van der Waals surface area contributed by atoms with Gasteiger partial charge < -0.3 is 20.3 Å². The predicted octanol–water partition coefficient (Wildman–Crippen LogP) is 2.12. The summed E-state index contributed by atoms with van der Waals surface area (Å²) in [5.74, 6) is 1.96. The zero-order valence-electron chi connectivity index (χ0n) is 16.0. The zero-order valence-corrected chi connectivity index (χ0v) is 16.0. The molecule has 3 rings (SSSR count). The van der Waals surface area contributed by atoms with Crippen LogP contribution in [0.2, 0.25) is 0 Å². The number of amides is 1. The molecule has 1 saturated carbocycles. The molecule has 1 aromatic carbocycles. The molecule has 1 heterocycles. The van der Waals surface area contributed by atoms with Crippen molar-refractivity contribution in [3.63, 3.8) is 0 Å². The average Bonchev–Trinajstić information content (AvgIpc) is 3.28. The molecule has 2 aliphatic rings. The fourth-order valence-electron chi connectivity index (χ4n) is 3.60. The van der Waals surface area contributed by atoms with Gasteiger partial charge >= 0.3 is 0 Å². The molecule has 6 heteroatoms. The van der Waals surface area contributed by atoms with Gasteiger partial charge in [-0.3, -0.25) is 4.79 Å². The maximum atomic E-state index is 11.9. The van der Waals surface area contributed by atoms with E-state index in [0.717, 1.165) is 24.6 Å². The summed E-state index contributed by atoms with van der Waals surface area (Å²) in [4.78, 5) is 18.0. The van der Waals surface area contributed by atoms with Crippen molar-refractivity contribution in [3.8, 4) is 5.75 Å². The highest BCUT2D eigenvalue weighted by Gasteiger charge is 2.29. The van der Waals surface area contributed by atoms with E-state index in [4.69, 9.17) is 4.74 Å². The number of rotatable bonds is 5. The van der Waals surface area contributed by atoms with Crippen molar-refractivity contribution in [1.29, 1.82) is 0 Å². The maximum Gasteiger partial charge on any atom is 0.243 e. The topological polar surface area (TPSA) is 66.0 Å². The number of ether oxygens (including phenoxy) is 1. The van der Waals surface area contributed by atoms with E-state index in [0.29, 0.717) is 12.6 Å². The summed E-state index contributed by atoms with van der Waals surface area (Å²) >= 11 is 0. The molecule has 0 saturated heterocycles. The van der Waals surface area contributed by atoms with Gasteiger partial charge in [-0.25, -0.2) is 4.99 Å². The van der Waals surface area contributed by atoms with Gasteiger partial charge in [0.05, 0.1) is 6.61 Å². The number of aliphatic imine (C=N–C) groups is 1. The molecule has 0 radical (unpaired) electrons. The van der Waals surface area contributed by atoms with E-state index in [1.54, 1.807) is 19.0 Å². The highest BCUT2D eigenvalue weighted by atomic mass is 16.5. The molecule has 0 aromatic heterocycles. The fraction of sp³-hybridized carbons (Fsp3) is 0.600. The van der Waals surface area contributed by atoms with E-state index in [2.05, 4.69) is 34.7 Å². The highest BCUT2D eigenvalue weighted by molar-refractivity contribution is 5.85. The van der Waals surface area contributed by atoms with Crippen LogP contribution >= 0.6 is 0 Å². The smallest absolute Gasteiger partial charge is 0.243 e. The Balaban J connectivity index is 1.68. The van der Waals surface area contributed by atoms with Crippen LogP contribution in [0.25, 0.3) is 0 Å². The summed E-state index contributed by atoms with van der Waals surface area (Å²) in [5.41, 5.74) is 1.23. The normalized spacial score (nSPS) is 21.0. The Kier molecular flexibility index (Phi) is 6.01. The second-order valence-electron chi connectivity index (χ2n) is 7.47. The number of likely N-dealkylation sites (N-methyl/N-ethyl adjacent to an activating group) is 1. The average molecular weight is 358 g/mol. The van der Waals surface area contributed by atoms with Gasteiger partial charge in [-0.15, -0.1) is 0 Å². The molecular formula is C20H30N4O2. The molecule has 1 aliphatic heterocycles. The van der Waals surface area contributed by atoms with Crippen LogP contribution in [0, 0.1) is 0 Å². The summed E-state index contributed by atoms with van der Waals surface area (Å²) in [5, 5.41) is 7.03. The number of hydrogen-bond donors (Lipinski definition) is 2. The van der Waals surface area contributed by atoms with Gasteiger partial charge in [-0.05, 0) is 25.8 Å². The molecule has 2 unspecified atom stereocenters. The molecule has 0 spiro atoms. The number of nitrogens with one attached hydrogen (secondary N) is 2. The Morgan fingerprint density at radius 3 is 2.77 bits per heavy atom. The minimum atomic E-state index is -0.000259. The van der Waals surface area contributed by atoms with Gasteiger partial charge in [-0.1, -0.05) is 31.0 Å². The molecule has 6 nitrogen and oxygen atoms in total. The summed E-state index contributed by atoms with van der Waals surface area (Å²) in [7, 11) is 3.51. The van der Waals surface area contributed by atoms with Crippen LogP contribution in [0.5, 0.6) is 5.75 Å². The van der Waals surface area contributed by atoms with E-state index in [9.17, 15) is 4.79 Å². The van der Waals surface area contributed by atoms with Crippen LogP contribution in [0.1, 0.15) is 44.1 Å². The van der Waals surface area contributed by atoms with Crippen molar-refractivity contribution in [1.82, 2.24) is 15.5 Å². The highest BCUT2D eigenvalue weighted by Crippen LogP contribution is 2.35. The van der Waals surface area contributed by atoms with Crippen molar-refractivity contribution < 1.29 is 9.53 Å². The zero-order chi connectivity index (χ0) is 18.5. The molecule has 26 heavy (non-hydrogen) atoms. The first kappa shape index (κ1) is 18.5.